The SMILES string of the molecule is COC(=O)C(C#C[Si](C)(C)C)(Cc1ccc(OCc2ccccc2)cc1)N=Cc1ccccc1. The van der Waals surface area contributed by atoms with Gasteiger partial charge in [0.2, 0.25) is 5.54 Å². The van der Waals surface area contributed by atoms with Gasteiger partial charge in [0.25, 0.3) is 0 Å². The number of carbonyl (C=O) groups excluding carboxylic acids is 1. The maximum Gasteiger partial charge on any atom is 0.346 e. The lowest BCUT2D eigenvalue weighted by Gasteiger charge is -2.22. The van der Waals surface area contributed by atoms with Crippen molar-refractivity contribution in [1.29, 1.82) is 0 Å². The van der Waals surface area contributed by atoms with E-state index < -0.39 is 19.6 Å². The van der Waals surface area contributed by atoms with E-state index in [0.717, 1.165) is 22.4 Å². The van der Waals surface area contributed by atoms with Gasteiger partial charge in [-0.05, 0) is 28.8 Å². The van der Waals surface area contributed by atoms with E-state index >= 15 is 0 Å². The number of nitrogens with zero attached hydrogens (tertiary/aromatic N) is 1. The highest BCUT2D eigenvalue weighted by molar-refractivity contribution is 6.83. The molecule has 0 radical (unpaired) electrons. The van der Waals surface area contributed by atoms with Crippen molar-refractivity contribution in [1.82, 2.24) is 0 Å². The number of aliphatic imine (C=N–C) groups is 1. The molecule has 1 atom stereocenters. The van der Waals surface area contributed by atoms with Crippen LogP contribution in [0.4, 0.5) is 0 Å². The zero-order valence-electron chi connectivity index (χ0n) is 20.2. The van der Waals surface area contributed by atoms with Gasteiger partial charge in [-0.15, -0.1) is 5.54 Å². The minimum atomic E-state index is -1.77. The van der Waals surface area contributed by atoms with Crippen LogP contribution in [-0.2, 0) is 22.6 Å². The Morgan fingerprint density at radius 2 is 1.53 bits per heavy atom. The van der Waals surface area contributed by atoms with Crippen molar-refractivity contribution in [3.05, 3.63) is 102 Å². The molecule has 1 unspecified atom stereocenters. The van der Waals surface area contributed by atoms with Crippen LogP contribution in [-0.4, -0.2) is 32.9 Å². The van der Waals surface area contributed by atoms with Crippen molar-refractivity contribution in [2.45, 2.75) is 38.2 Å². The molecular weight excluding hydrogens is 438 g/mol. The first kappa shape index (κ1) is 25.0. The Balaban J connectivity index is 1.88. The molecule has 0 aliphatic rings. The molecule has 174 valence electrons. The van der Waals surface area contributed by atoms with E-state index in [1.165, 1.54) is 7.11 Å². The van der Waals surface area contributed by atoms with Gasteiger partial charge in [-0.1, -0.05) is 98.4 Å². The Morgan fingerprint density at radius 3 is 2.12 bits per heavy atom. The molecule has 3 aromatic rings. The summed E-state index contributed by atoms with van der Waals surface area (Å²) in [6, 6.07) is 27.4. The van der Waals surface area contributed by atoms with Crippen LogP contribution in [0.1, 0.15) is 16.7 Å². The quantitative estimate of drug-likeness (QED) is 0.183. The molecule has 34 heavy (non-hydrogen) atoms. The fourth-order valence-electron chi connectivity index (χ4n) is 3.22. The molecule has 0 amide bonds. The third-order valence-electron chi connectivity index (χ3n) is 5.03. The van der Waals surface area contributed by atoms with E-state index in [-0.39, 0.29) is 0 Å². The molecule has 0 bridgehead atoms. The summed E-state index contributed by atoms with van der Waals surface area (Å²) in [4.78, 5) is 17.8. The summed E-state index contributed by atoms with van der Waals surface area (Å²) in [6.07, 6.45) is 2.01. The summed E-state index contributed by atoms with van der Waals surface area (Å²) in [7, 11) is -0.385. The van der Waals surface area contributed by atoms with Crippen LogP contribution < -0.4 is 4.74 Å². The Kier molecular flexibility index (Phi) is 8.45. The van der Waals surface area contributed by atoms with E-state index in [1.807, 2.05) is 84.9 Å². The predicted molar refractivity (Wildman–Crippen MR) is 141 cm³/mol. The second-order valence-electron chi connectivity index (χ2n) is 9.12. The largest absolute Gasteiger partial charge is 0.489 e. The molecule has 4 nitrogen and oxygen atoms in total. The molecule has 0 aromatic heterocycles. The average molecular weight is 470 g/mol. The molecule has 0 spiro atoms. The number of methoxy groups -OCH3 is 1. The van der Waals surface area contributed by atoms with Crippen molar-refractivity contribution in [2.24, 2.45) is 4.99 Å². The normalized spacial score (nSPS) is 12.9. The summed E-state index contributed by atoms with van der Waals surface area (Å²) in [5.41, 5.74) is 4.94. The summed E-state index contributed by atoms with van der Waals surface area (Å²) in [6.45, 7) is 6.92. The summed E-state index contributed by atoms with van der Waals surface area (Å²) < 4.78 is 11.1. The topological polar surface area (TPSA) is 47.9 Å². The molecule has 0 fully saturated rings. The molecule has 0 heterocycles. The highest BCUT2D eigenvalue weighted by Gasteiger charge is 2.38. The van der Waals surface area contributed by atoms with Gasteiger partial charge in [0, 0.05) is 12.6 Å². The van der Waals surface area contributed by atoms with Gasteiger partial charge in [-0.25, -0.2) is 4.79 Å². The van der Waals surface area contributed by atoms with Crippen LogP contribution in [0.2, 0.25) is 19.6 Å². The van der Waals surface area contributed by atoms with Crippen LogP contribution in [0, 0.1) is 11.5 Å². The molecule has 0 aliphatic heterocycles. The zero-order valence-corrected chi connectivity index (χ0v) is 21.2. The Bertz CT molecular complexity index is 1160. The van der Waals surface area contributed by atoms with Crippen molar-refractivity contribution >= 4 is 20.3 Å². The third-order valence-corrected chi connectivity index (χ3v) is 5.91. The maximum atomic E-state index is 13.1. The van der Waals surface area contributed by atoms with E-state index in [0.29, 0.717) is 13.0 Å². The van der Waals surface area contributed by atoms with Crippen LogP contribution >= 0.6 is 0 Å². The first-order chi connectivity index (χ1) is 16.3. The highest BCUT2D eigenvalue weighted by Crippen LogP contribution is 2.23. The summed E-state index contributed by atoms with van der Waals surface area (Å²) >= 11 is 0. The van der Waals surface area contributed by atoms with Gasteiger partial charge in [-0.3, -0.25) is 4.99 Å². The number of ether oxygens (including phenoxy) is 2. The maximum absolute atomic E-state index is 13.1. The lowest BCUT2D eigenvalue weighted by Crippen LogP contribution is -2.40. The predicted octanol–water partition coefficient (Wildman–Crippen LogP) is 5.72. The number of hydrogen-bond donors (Lipinski definition) is 0. The first-order valence-electron chi connectivity index (χ1n) is 11.3. The minimum Gasteiger partial charge on any atom is -0.489 e. The van der Waals surface area contributed by atoms with Gasteiger partial charge in [0.05, 0.1) is 7.11 Å². The lowest BCUT2D eigenvalue weighted by atomic mass is 9.92. The first-order valence-corrected chi connectivity index (χ1v) is 14.8. The minimum absolute atomic E-state index is 0.305. The lowest BCUT2D eigenvalue weighted by molar-refractivity contribution is -0.144. The highest BCUT2D eigenvalue weighted by atomic mass is 28.3. The van der Waals surface area contributed by atoms with Crippen molar-refractivity contribution < 1.29 is 14.3 Å². The number of benzene rings is 3. The van der Waals surface area contributed by atoms with Crippen LogP contribution in [0.3, 0.4) is 0 Å². The van der Waals surface area contributed by atoms with E-state index in [2.05, 4.69) is 31.1 Å². The van der Waals surface area contributed by atoms with E-state index in [9.17, 15) is 4.79 Å². The molecule has 0 aliphatic carbocycles. The Hall–Kier alpha value is -3.62. The fraction of sp³-hybridized carbons (Fsp3) is 0.241. The van der Waals surface area contributed by atoms with Crippen LogP contribution in [0.5, 0.6) is 5.75 Å². The van der Waals surface area contributed by atoms with Gasteiger partial charge in [0.1, 0.15) is 20.4 Å². The molecule has 0 saturated heterocycles. The Labute approximate surface area is 203 Å². The number of rotatable bonds is 8. The van der Waals surface area contributed by atoms with Crippen LogP contribution in [0.15, 0.2) is 89.9 Å². The standard InChI is InChI=1S/C29H31NO3Si/c1-32-28(31)29(19-20-34(2,3)4,30-22-25-11-7-5-8-12-25)21-24-15-17-27(18-16-24)33-23-26-13-9-6-10-14-26/h5-18,22H,21,23H2,1-4H3. The van der Waals surface area contributed by atoms with Crippen molar-refractivity contribution in [2.75, 3.05) is 7.11 Å². The van der Waals surface area contributed by atoms with Gasteiger partial charge in [0.15, 0.2) is 0 Å². The summed E-state index contributed by atoms with van der Waals surface area (Å²) in [5.74, 6) is 3.51. The second-order valence-corrected chi connectivity index (χ2v) is 13.9. The van der Waals surface area contributed by atoms with Gasteiger partial charge < -0.3 is 9.47 Å². The van der Waals surface area contributed by atoms with Gasteiger partial charge >= 0.3 is 5.97 Å². The molecule has 0 N–H and O–H groups in total. The van der Waals surface area contributed by atoms with E-state index in [4.69, 9.17) is 14.5 Å². The third kappa shape index (κ3) is 7.46. The number of hydrogen-bond acceptors (Lipinski definition) is 4. The summed E-state index contributed by atoms with van der Waals surface area (Å²) in [5, 5.41) is 0. The molecule has 0 saturated carbocycles. The smallest absolute Gasteiger partial charge is 0.346 e. The second kappa shape index (κ2) is 11.5. The van der Waals surface area contributed by atoms with E-state index in [1.54, 1.807) is 6.21 Å². The molecule has 3 aromatic carbocycles. The monoisotopic (exact) mass is 469 g/mol. The molecular formula is C29H31NO3Si. The molecule has 5 heteroatoms. The zero-order chi connectivity index (χ0) is 24.4. The van der Waals surface area contributed by atoms with Crippen LogP contribution in [0.25, 0.3) is 0 Å². The number of carbonyl (C=O) groups is 1. The number of esters is 1. The van der Waals surface area contributed by atoms with Crippen molar-refractivity contribution in [3.8, 4) is 17.2 Å². The fourth-order valence-corrected chi connectivity index (χ4v) is 3.80. The Morgan fingerprint density at radius 1 is 0.912 bits per heavy atom. The molecule has 3 rings (SSSR count). The average Bonchev–Trinajstić information content (AvgIpc) is 2.85. The van der Waals surface area contributed by atoms with Gasteiger partial charge in [-0.2, -0.15) is 0 Å². The van der Waals surface area contributed by atoms with Crippen molar-refractivity contribution in [3.63, 3.8) is 0 Å².